The highest BCUT2D eigenvalue weighted by molar-refractivity contribution is 6.41. The lowest BCUT2D eigenvalue weighted by molar-refractivity contribution is 0.158. The van der Waals surface area contributed by atoms with Gasteiger partial charge in [-0.05, 0) is 59.4 Å². The maximum absolute atomic E-state index is 8.36. The lowest BCUT2D eigenvalue weighted by Crippen LogP contribution is -2.38. The zero-order valence-electron chi connectivity index (χ0n) is 19.5. The third-order valence-corrected chi connectivity index (χ3v) is 7.25. The van der Waals surface area contributed by atoms with Gasteiger partial charge in [0.1, 0.15) is 18.2 Å². The first kappa shape index (κ1) is 22.0. The van der Waals surface area contributed by atoms with Gasteiger partial charge in [0.25, 0.3) is 0 Å². The van der Waals surface area contributed by atoms with Crippen molar-refractivity contribution in [2.75, 3.05) is 20.3 Å². The van der Waals surface area contributed by atoms with Gasteiger partial charge in [0.15, 0.2) is 0 Å². The van der Waals surface area contributed by atoms with Crippen LogP contribution in [0.5, 0.6) is 0 Å². The summed E-state index contributed by atoms with van der Waals surface area (Å²) in [6.07, 6.45) is 5.36. The molecule has 174 valence electrons. The standard InChI is InChI=1S/C26H33N5O2/c1-15(13-32-2)10-29-12-25-30-11-23(31-25)17-3-5-19-18(7-17)14-33-24-9-20-16(8-21(19)24)4-6-22(27)26(20)28/h3,5,7,11,15-16,20,27-29H,4,6,8-10,12-14H2,1-2H3,(H,30,31). The number of nitrogens with zero attached hydrogens (tertiary/aromatic N) is 1. The molecule has 0 saturated heterocycles. The van der Waals surface area contributed by atoms with Gasteiger partial charge < -0.3 is 30.6 Å². The van der Waals surface area contributed by atoms with Crippen molar-refractivity contribution in [3.05, 3.63) is 47.1 Å². The van der Waals surface area contributed by atoms with E-state index in [1.54, 1.807) is 7.11 Å². The summed E-state index contributed by atoms with van der Waals surface area (Å²) in [4.78, 5) is 7.99. The molecule has 0 radical (unpaired) electrons. The topological polar surface area (TPSA) is 107 Å². The maximum atomic E-state index is 8.36. The summed E-state index contributed by atoms with van der Waals surface area (Å²) in [5.41, 5.74) is 6.99. The van der Waals surface area contributed by atoms with E-state index in [0.29, 0.717) is 36.4 Å². The Morgan fingerprint density at radius 3 is 3.03 bits per heavy atom. The zero-order chi connectivity index (χ0) is 22.9. The molecule has 3 atom stereocenters. The number of ether oxygens (including phenoxy) is 2. The number of rotatable bonds is 7. The van der Waals surface area contributed by atoms with Crippen molar-refractivity contribution in [3.8, 4) is 11.3 Å². The third kappa shape index (κ3) is 4.39. The van der Waals surface area contributed by atoms with E-state index in [1.807, 2.05) is 6.20 Å². The number of H-pyrrole nitrogens is 1. The first-order valence-electron chi connectivity index (χ1n) is 11.9. The molecule has 3 unspecified atom stereocenters. The van der Waals surface area contributed by atoms with E-state index in [1.165, 1.54) is 16.7 Å². The Morgan fingerprint density at radius 1 is 1.30 bits per heavy atom. The maximum Gasteiger partial charge on any atom is 0.120 e. The molecule has 7 nitrogen and oxygen atoms in total. The average molecular weight is 448 g/mol. The molecular formula is C26H33N5O2. The second kappa shape index (κ2) is 9.23. The van der Waals surface area contributed by atoms with Gasteiger partial charge in [-0.3, -0.25) is 0 Å². The number of methoxy groups -OCH3 is 1. The minimum atomic E-state index is 0.153. The number of benzene rings is 1. The molecule has 0 bridgehead atoms. The van der Waals surface area contributed by atoms with Crippen LogP contribution in [0.4, 0.5) is 0 Å². The molecule has 3 aliphatic rings. The van der Waals surface area contributed by atoms with Gasteiger partial charge in [-0.15, -0.1) is 0 Å². The van der Waals surface area contributed by atoms with E-state index in [9.17, 15) is 0 Å². The van der Waals surface area contributed by atoms with Gasteiger partial charge in [0, 0.05) is 32.6 Å². The van der Waals surface area contributed by atoms with Crippen molar-refractivity contribution in [2.24, 2.45) is 17.8 Å². The SMILES string of the molecule is COCC(C)CNCc1ncc(-c2ccc3c(c2)COC2=C3CC3CCC(=N)C(=N)C3C2)[nH]1. The molecule has 4 N–H and O–H groups in total. The van der Waals surface area contributed by atoms with Crippen molar-refractivity contribution in [1.82, 2.24) is 15.3 Å². The predicted molar refractivity (Wildman–Crippen MR) is 129 cm³/mol. The van der Waals surface area contributed by atoms with E-state index < -0.39 is 0 Å². The molecule has 2 aromatic rings. The van der Waals surface area contributed by atoms with E-state index in [-0.39, 0.29) is 5.92 Å². The molecule has 1 fully saturated rings. The van der Waals surface area contributed by atoms with Gasteiger partial charge in [0.2, 0.25) is 0 Å². The Morgan fingerprint density at radius 2 is 2.18 bits per heavy atom. The summed E-state index contributed by atoms with van der Waals surface area (Å²) in [5, 5.41) is 19.8. The van der Waals surface area contributed by atoms with E-state index in [4.69, 9.17) is 20.3 Å². The summed E-state index contributed by atoms with van der Waals surface area (Å²) >= 11 is 0. The van der Waals surface area contributed by atoms with Crippen molar-refractivity contribution < 1.29 is 9.47 Å². The Balaban J connectivity index is 1.30. The van der Waals surface area contributed by atoms with Gasteiger partial charge in [0.05, 0.1) is 29.9 Å². The normalized spacial score (nSPS) is 23.0. The van der Waals surface area contributed by atoms with Crippen molar-refractivity contribution in [1.29, 1.82) is 10.8 Å². The largest absolute Gasteiger partial charge is 0.493 e. The summed E-state index contributed by atoms with van der Waals surface area (Å²) in [5.74, 6) is 3.03. The number of hydrogen-bond donors (Lipinski definition) is 4. The lowest BCUT2D eigenvalue weighted by atomic mass is 9.67. The number of aromatic amines is 1. The van der Waals surface area contributed by atoms with Crippen molar-refractivity contribution in [2.45, 2.75) is 45.8 Å². The lowest BCUT2D eigenvalue weighted by Gasteiger charge is -2.40. The first-order chi connectivity index (χ1) is 16.0. The van der Waals surface area contributed by atoms with Crippen LogP contribution in [0, 0.1) is 28.6 Å². The van der Waals surface area contributed by atoms with Crippen LogP contribution in [0.15, 0.2) is 30.2 Å². The van der Waals surface area contributed by atoms with E-state index in [0.717, 1.165) is 61.7 Å². The summed E-state index contributed by atoms with van der Waals surface area (Å²) < 4.78 is 11.4. The molecule has 1 aliphatic heterocycles. The number of aromatic nitrogens is 2. The highest BCUT2D eigenvalue weighted by Gasteiger charge is 2.39. The Bertz CT molecular complexity index is 1100. The monoisotopic (exact) mass is 447 g/mol. The van der Waals surface area contributed by atoms with E-state index >= 15 is 0 Å². The number of hydrogen-bond acceptors (Lipinski definition) is 6. The molecule has 1 aromatic heterocycles. The van der Waals surface area contributed by atoms with Crippen LogP contribution in [0.25, 0.3) is 16.8 Å². The smallest absolute Gasteiger partial charge is 0.120 e. The number of fused-ring (bicyclic) bond motifs is 3. The molecule has 0 spiro atoms. The highest BCUT2D eigenvalue weighted by Crippen LogP contribution is 2.47. The molecule has 7 heteroatoms. The Kier molecular flexibility index (Phi) is 6.17. The van der Waals surface area contributed by atoms with Crippen LogP contribution < -0.4 is 5.32 Å². The minimum absolute atomic E-state index is 0.153. The molecule has 5 rings (SSSR count). The average Bonchev–Trinajstić information content (AvgIpc) is 3.29. The molecule has 2 heterocycles. The number of nitrogens with one attached hydrogen (secondary N) is 4. The van der Waals surface area contributed by atoms with E-state index in [2.05, 4.69) is 40.4 Å². The fourth-order valence-electron chi connectivity index (χ4n) is 5.46. The van der Waals surface area contributed by atoms with Gasteiger partial charge >= 0.3 is 0 Å². The molecule has 2 aliphatic carbocycles. The van der Waals surface area contributed by atoms with Crippen LogP contribution in [0.1, 0.15) is 49.6 Å². The Labute approximate surface area is 195 Å². The van der Waals surface area contributed by atoms with Crippen molar-refractivity contribution >= 4 is 17.0 Å². The zero-order valence-corrected chi connectivity index (χ0v) is 19.5. The number of allylic oxidation sites excluding steroid dienone is 2. The van der Waals surface area contributed by atoms with Gasteiger partial charge in [-0.2, -0.15) is 0 Å². The molecular weight excluding hydrogens is 414 g/mol. The highest BCUT2D eigenvalue weighted by atomic mass is 16.5. The van der Waals surface area contributed by atoms with Crippen LogP contribution in [-0.4, -0.2) is 41.7 Å². The van der Waals surface area contributed by atoms with Crippen LogP contribution >= 0.6 is 0 Å². The third-order valence-electron chi connectivity index (χ3n) is 7.25. The van der Waals surface area contributed by atoms with Crippen LogP contribution in [-0.2, 0) is 22.6 Å². The Hall–Kier alpha value is -2.77. The van der Waals surface area contributed by atoms with Gasteiger partial charge in [-0.1, -0.05) is 19.1 Å². The second-order valence-corrected chi connectivity index (χ2v) is 9.70. The molecule has 33 heavy (non-hydrogen) atoms. The predicted octanol–water partition coefficient (Wildman–Crippen LogP) is 4.55. The molecule has 1 saturated carbocycles. The quantitative estimate of drug-likeness (QED) is 0.499. The van der Waals surface area contributed by atoms with Gasteiger partial charge in [-0.25, -0.2) is 4.98 Å². The first-order valence-corrected chi connectivity index (χ1v) is 11.9. The summed E-state index contributed by atoms with van der Waals surface area (Å²) in [7, 11) is 1.73. The minimum Gasteiger partial charge on any atom is -0.493 e. The fourth-order valence-corrected chi connectivity index (χ4v) is 5.46. The second-order valence-electron chi connectivity index (χ2n) is 9.70. The molecule has 1 aromatic carbocycles. The fraction of sp³-hybridized carbons (Fsp3) is 0.500. The molecule has 0 amide bonds. The number of imidazole rings is 1. The van der Waals surface area contributed by atoms with Crippen molar-refractivity contribution in [3.63, 3.8) is 0 Å². The van der Waals surface area contributed by atoms with Crippen LogP contribution in [0.2, 0.25) is 0 Å². The summed E-state index contributed by atoms with van der Waals surface area (Å²) in [6, 6.07) is 6.62. The van der Waals surface area contributed by atoms with Crippen LogP contribution in [0.3, 0.4) is 0 Å². The summed E-state index contributed by atoms with van der Waals surface area (Å²) in [6.45, 7) is 5.06.